The van der Waals surface area contributed by atoms with E-state index in [1.54, 1.807) is 23.7 Å². The Kier molecular flexibility index (Phi) is 3.13. The van der Waals surface area contributed by atoms with Gasteiger partial charge in [0, 0.05) is 29.9 Å². The van der Waals surface area contributed by atoms with Crippen molar-refractivity contribution in [2.75, 3.05) is 12.4 Å². The van der Waals surface area contributed by atoms with Crippen LogP contribution in [0.5, 0.6) is 0 Å². The number of fused-ring (bicyclic) bond motifs is 1. The van der Waals surface area contributed by atoms with Crippen molar-refractivity contribution >= 4 is 27.4 Å². The van der Waals surface area contributed by atoms with E-state index in [9.17, 15) is 0 Å². The van der Waals surface area contributed by atoms with E-state index in [-0.39, 0.29) is 0 Å². The Balaban J connectivity index is 2.22. The summed E-state index contributed by atoms with van der Waals surface area (Å²) in [6, 6.07) is 6.02. The summed E-state index contributed by atoms with van der Waals surface area (Å²) in [7, 11) is 1.89. The Hall–Kier alpha value is -2.01. The molecule has 4 nitrogen and oxygen atoms in total. The van der Waals surface area contributed by atoms with Crippen LogP contribution in [-0.4, -0.2) is 22.0 Å². The number of nitrogens with one attached hydrogen (secondary N) is 1. The highest BCUT2D eigenvalue weighted by Crippen LogP contribution is 2.31. The van der Waals surface area contributed by atoms with Gasteiger partial charge in [-0.05, 0) is 24.6 Å². The third kappa shape index (κ3) is 2.17. The van der Waals surface area contributed by atoms with E-state index in [1.165, 1.54) is 4.88 Å². The number of hydrogen-bond acceptors (Lipinski definition) is 5. The lowest BCUT2D eigenvalue weighted by Crippen LogP contribution is -1.97. The van der Waals surface area contributed by atoms with E-state index in [1.807, 2.05) is 19.2 Å². The first-order chi connectivity index (χ1) is 9.31. The SMILES string of the molecule is CCc1cc2c(NC)nc(-c3ccncc3)nc2s1. The van der Waals surface area contributed by atoms with Gasteiger partial charge in [-0.1, -0.05) is 6.92 Å². The van der Waals surface area contributed by atoms with Crippen molar-refractivity contribution < 1.29 is 0 Å². The molecule has 0 aliphatic rings. The van der Waals surface area contributed by atoms with E-state index in [2.05, 4.69) is 33.3 Å². The van der Waals surface area contributed by atoms with Gasteiger partial charge < -0.3 is 5.32 Å². The predicted molar refractivity (Wildman–Crippen MR) is 79.6 cm³/mol. The Labute approximate surface area is 115 Å². The fourth-order valence-electron chi connectivity index (χ4n) is 1.97. The van der Waals surface area contributed by atoms with Gasteiger partial charge in [-0.3, -0.25) is 4.98 Å². The Bertz CT molecular complexity index is 706. The molecular weight excluding hydrogens is 256 g/mol. The van der Waals surface area contributed by atoms with Crippen molar-refractivity contribution in [2.45, 2.75) is 13.3 Å². The van der Waals surface area contributed by atoms with Gasteiger partial charge in [-0.25, -0.2) is 9.97 Å². The molecule has 0 fully saturated rings. The smallest absolute Gasteiger partial charge is 0.163 e. The van der Waals surface area contributed by atoms with Crippen molar-refractivity contribution in [1.82, 2.24) is 15.0 Å². The lowest BCUT2D eigenvalue weighted by Gasteiger charge is -2.04. The summed E-state index contributed by atoms with van der Waals surface area (Å²) in [5, 5.41) is 4.26. The highest BCUT2D eigenvalue weighted by atomic mass is 32.1. The second-order valence-electron chi connectivity index (χ2n) is 4.17. The number of thiophene rings is 1. The molecule has 0 atom stereocenters. The molecule has 5 heteroatoms. The minimum atomic E-state index is 0.740. The van der Waals surface area contributed by atoms with Crippen LogP contribution in [0.1, 0.15) is 11.8 Å². The van der Waals surface area contributed by atoms with Crippen LogP contribution in [0.4, 0.5) is 5.82 Å². The molecule has 0 unspecified atom stereocenters. The summed E-state index contributed by atoms with van der Waals surface area (Å²) in [5.74, 6) is 1.62. The Morgan fingerprint density at radius 3 is 2.68 bits per heavy atom. The zero-order valence-electron chi connectivity index (χ0n) is 10.8. The van der Waals surface area contributed by atoms with Crippen LogP contribution in [0.15, 0.2) is 30.6 Å². The largest absolute Gasteiger partial charge is 0.372 e. The van der Waals surface area contributed by atoms with Gasteiger partial charge in [0.05, 0.1) is 5.39 Å². The lowest BCUT2D eigenvalue weighted by atomic mass is 10.2. The summed E-state index contributed by atoms with van der Waals surface area (Å²) in [4.78, 5) is 15.6. The Morgan fingerprint density at radius 1 is 1.21 bits per heavy atom. The maximum atomic E-state index is 4.66. The molecule has 3 aromatic heterocycles. The van der Waals surface area contributed by atoms with Gasteiger partial charge in [-0.15, -0.1) is 11.3 Å². The molecule has 3 aromatic rings. The monoisotopic (exact) mass is 270 g/mol. The average molecular weight is 270 g/mol. The second-order valence-corrected chi connectivity index (χ2v) is 5.28. The lowest BCUT2D eigenvalue weighted by molar-refractivity contribution is 1.19. The van der Waals surface area contributed by atoms with E-state index < -0.39 is 0 Å². The summed E-state index contributed by atoms with van der Waals surface area (Å²) in [5.41, 5.74) is 0.986. The van der Waals surface area contributed by atoms with E-state index in [0.717, 1.165) is 33.8 Å². The maximum absolute atomic E-state index is 4.66. The highest BCUT2D eigenvalue weighted by molar-refractivity contribution is 7.18. The van der Waals surface area contributed by atoms with Crippen LogP contribution in [-0.2, 0) is 6.42 Å². The van der Waals surface area contributed by atoms with Gasteiger partial charge in [0.15, 0.2) is 5.82 Å². The molecule has 0 aliphatic heterocycles. The molecule has 3 heterocycles. The van der Waals surface area contributed by atoms with Crippen LogP contribution < -0.4 is 5.32 Å². The summed E-state index contributed by atoms with van der Waals surface area (Å²) >= 11 is 1.73. The number of pyridine rings is 1. The van der Waals surface area contributed by atoms with E-state index in [4.69, 9.17) is 0 Å². The fraction of sp³-hybridized carbons (Fsp3) is 0.214. The number of hydrogen-bond donors (Lipinski definition) is 1. The third-order valence-electron chi connectivity index (χ3n) is 2.97. The van der Waals surface area contributed by atoms with Gasteiger partial charge in [0.1, 0.15) is 10.6 Å². The van der Waals surface area contributed by atoms with Crippen LogP contribution in [0, 0.1) is 0 Å². The molecule has 96 valence electrons. The quantitative estimate of drug-likeness (QED) is 0.793. The zero-order chi connectivity index (χ0) is 13.2. The first kappa shape index (κ1) is 12.0. The van der Waals surface area contributed by atoms with Gasteiger partial charge in [0.2, 0.25) is 0 Å². The molecule has 0 amide bonds. The fourth-order valence-corrected chi connectivity index (χ4v) is 2.93. The van der Waals surface area contributed by atoms with Crippen molar-refractivity contribution in [3.8, 4) is 11.4 Å². The summed E-state index contributed by atoms with van der Waals surface area (Å²) < 4.78 is 0. The molecule has 0 saturated carbocycles. The number of nitrogens with zero attached hydrogens (tertiary/aromatic N) is 3. The van der Waals surface area contributed by atoms with E-state index in [0.29, 0.717) is 0 Å². The standard InChI is InChI=1S/C14H14N4S/c1-3-10-8-11-13(15-2)17-12(18-14(11)19-10)9-4-6-16-7-5-9/h4-8H,3H2,1-2H3,(H,15,17,18). The molecule has 1 N–H and O–H groups in total. The van der Waals surface area contributed by atoms with Crippen molar-refractivity contribution in [1.29, 1.82) is 0 Å². The maximum Gasteiger partial charge on any atom is 0.163 e. The Morgan fingerprint density at radius 2 is 2.00 bits per heavy atom. The van der Waals surface area contributed by atoms with Crippen LogP contribution in [0.25, 0.3) is 21.6 Å². The minimum Gasteiger partial charge on any atom is -0.372 e. The molecule has 3 rings (SSSR count). The number of aromatic nitrogens is 3. The molecule has 0 radical (unpaired) electrons. The zero-order valence-corrected chi connectivity index (χ0v) is 11.7. The average Bonchev–Trinajstić information content (AvgIpc) is 2.90. The summed E-state index contributed by atoms with van der Waals surface area (Å²) in [6.07, 6.45) is 4.54. The van der Waals surface area contributed by atoms with Gasteiger partial charge >= 0.3 is 0 Å². The minimum absolute atomic E-state index is 0.740. The number of anilines is 1. The van der Waals surface area contributed by atoms with Crippen LogP contribution in [0.2, 0.25) is 0 Å². The normalized spacial score (nSPS) is 10.8. The highest BCUT2D eigenvalue weighted by Gasteiger charge is 2.11. The molecule has 0 bridgehead atoms. The number of aryl methyl sites for hydroxylation is 1. The number of rotatable bonds is 3. The van der Waals surface area contributed by atoms with E-state index >= 15 is 0 Å². The third-order valence-corrected chi connectivity index (χ3v) is 4.14. The molecular formula is C14H14N4S. The van der Waals surface area contributed by atoms with Crippen molar-refractivity contribution in [2.24, 2.45) is 0 Å². The topological polar surface area (TPSA) is 50.7 Å². The molecule has 0 spiro atoms. The van der Waals surface area contributed by atoms with Crippen LogP contribution in [0.3, 0.4) is 0 Å². The van der Waals surface area contributed by atoms with Crippen molar-refractivity contribution in [3.63, 3.8) is 0 Å². The van der Waals surface area contributed by atoms with Crippen LogP contribution >= 0.6 is 11.3 Å². The predicted octanol–water partition coefficient (Wildman–Crippen LogP) is 3.36. The molecule has 0 saturated heterocycles. The second kappa shape index (κ2) is 4.93. The van der Waals surface area contributed by atoms with Gasteiger partial charge in [0.25, 0.3) is 0 Å². The molecule has 0 aliphatic carbocycles. The first-order valence-corrected chi connectivity index (χ1v) is 7.02. The van der Waals surface area contributed by atoms with Gasteiger partial charge in [-0.2, -0.15) is 0 Å². The molecule has 19 heavy (non-hydrogen) atoms. The molecule has 0 aromatic carbocycles. The summed E-state index contributed by atoms with van der Waals surface area (Å²) in [6.45, 7) is 2.15. The van der Waals surface area contributed by atoms with Crippen molar-refractivity contribution in [3.05, 3.63) is 35.5 Å². The first-order valence-electron chi connectivity index (χ1n) is 6.20.